The summed E-state index contributed by atoms with van der Waals surface area (Å²) in [5.41, 5.74) is 4.16. The van der Waals surface area contributed by atoms with Gasteiger partial charge in [0.1, 0.15) is 0 Å². The van der Waals surface area contributed by atoms with E-state index in [1.807, 2.05) is 17.9 Å². The molecule has 3 heterocycles. The zero-order valence-electron chi connectivity index (χ0n) is 9.59. The fourth-order valence-electron chi connectivity index (χ4n) is 1.73. The van der Waals surface area contributed by atoms with Gasteiger partial charge in [0.15, 0.2) is 0 Å². The molecule has 0 bridgehead atoms. The van der Waals surface area contributed by atoms with E-state index in [1.165, 1.54) is 15.3 Å². The Morgan fingerprint density at radius 1 is 1.22 bits per heavy atom. The summed E-state index contributed by atoms with van der Waals surface area (Å²) in [7, 11) is 0. The van der Waals surface area contributed by atoms with E-state index in [4.69, 9.17) is 0 Å². The van der Waals surface area contributed by atoms with Crippen molar-refractivity contribution in [3.05, 3.63) is 45.9 Å². The van der Waals surface area contributed by atoms with Gasteiger partial charge in [0.05, 0.1) is 22.3 Å². The van der Waals surface area contributed by atoms with Gasteiger partial charge in [-0.25, -0.2) is 0 Å². The molecule has 0 fully saturated rings. The summed E-state index contributed by atoms with van der Waals surface area (Å²) >= 11 is 3.39. The predicted octanol–water partition coefficient (Wildman–Crippen LogP) is 2.88. The van der Waals surface area contributed by atoms with Crippen molar-refractivity contribution in [2.24, 2.45) is 0 Å². The Morgan fingerprint density at radius 2 is 2.22 bits per heavy atom. The van der Waals surface area contributed by atoms with Crippen molar-refractivity contribution in [1.29, 1.82) is 0 Å². The van der Waals surface area contributed by atoms with Crippen molar-refractivity contribution < 1.29 is 0 Å². The molecule has 0 saturated heterocycles. The maximum absolute atomic E-state index is 4.13. The zero-order valence-corrected chi connectivity index (χ0v) is 11.2. The number of thiazole rings is 1. The highest BCUT2D eigenvalue weighted by atomic mass is 32.1. The quantitative estimate of drug-likeness (QED) is 0.753. The van der Waals surface area contributed by atoms with Gasteiger partial charge < -0.3 is 5.32 Å². The van der Waals surface area contributed by atoms with Crippen LogP contribution in [-0.4, -0.2) is 15.2 Å². The van der Waals surface area contributed by atoms with Gasteiger partial charge in [-0.05, 0) is 11.4 Å². The second kappa shape index (κ2) is 5.43. The van der Waals surface area contributed by atoms with Crippen LogP contribution >= 0.6 is 22.7 Å². The van der Waals surface area contributed by atoms with Crippen molar-refractivity contribution in [3.8, 4) is 10.6 Å². The molecule has 92 valence electrons. The number of H-pyrrole nitrogens is 1. The summed E-state index contributed by atoms with van der Waals surface area (Å²) < 4.78 is 0. The zero-order chi connectivity index (χ0) is 12.2. The van der Waals surface area contributed by atoms with Gasteiger partial charge in [0, 0.05) is 29.7 Å². The van der Waals surface area contributed by atoms with Gasteiger partial charge in [-0.3, -0.25) is 10.1 Å². The smallest absolute Gasteiger partial charge is 0.0794 e. The lowest BCUT2D eigenvalue weighted by atomic mass is 10.2. The predicted molar refractivity (Wildman–Crippen MR) is 74.6 cm³/mol. The number of hydrogen-bond donors (Lipinski definition) is 2. The first-order chi connectivity index (χ1) is 8.93. The molecule has 18 heavy (non-hydrogen) atoms. The van der Waals surface area contributed by atoms with E-state index in [1.54, 1.807) is 22.7 Å². The summed E-state index contributed by atoms with van der Waals surface area (Å²) in [6, 6.07) is 4.15. The van der Waals surface area contributed by atoms with E-state index in [2.05, 4.69) is 38.0 Å². The van der Waals surface area contributed by atoms with E-state index in [0.717, 1.165) is 18.8 Å². The van der Waals surface area contributed by atoms with Crippen molar-refractivity contribution in [3.63, 3.8) is 0 Å². The molecule has 4 nitrogen and oxygen atoms in total. The number of thiophene rings is 1. The molecular weight excluding hydrogens is 264 g/mol. The highest BCUT2D eigenvalue weighted by Crippen LogP contribution is 2.25. The topological polar surface area (TPSA) is 53.6 Å². The summed E-state index contributed by atoms with van der Waals surface area (Å²) in [6.45, 7) is 1.65. The second-order valence-corrected chi connectivity index (χ2v) is 5.74. The molecule has 0 spiro atoms. The van der Waals surface area contributed by atoms with Crippen LogP contribution in [0.5, 0.6) is 0 Å². The first kappa shape index (κ1) is 11.6. The fourth-order valence-corrected chi connectivity index (χ4v) is 3.05. The lowest BCUT2D eigenvalue weighted by molar-refractivity contribution is 0.701. The summed E-state index contributed by atoms with van der Waals surface area (Å²) in [4.78, 5) is 6.53. The number of rotatable bonds is 5. The van der Waals surface area contributed by atoms with Crippen molar-refractivity contribution >= 4 is 22.7 Å². The minimum absolute atomic E-state index is 0.807. The lowest BCUT2D eigenvalue weighted by Crippen LogP contribution is -2.11. The van der Waals surface area contributed by atoms with Crippen LogP contribution in [0.25, 0.3) is 10.6 Å². The van der Waals surface area contributed by atoms with E-state index in [-0.39, 0.29) is 0 Å². The van der Waals surface area contributed by atoms with Gasteiger partial charge in [-0.15, -0.1) is 22.7 Å². The molecule has 3 aromatic rings. The molecule has 0 aliphatic carbocycles. The highest BCUT2D eigenvalue weighted by molar-refractivity contribution is 7.13. The van der Waals surface area contributed by atoms with Crippen LogP contribution < -0.4 is 5.32 Å². The van der Waals surface area contributed by atoms with Crippen LogP contribution in [0.4, 0.5) is 0 Å². The number of aromatic amines is 1. The first-order valence-electron chi connectivity index (χ1n) is 5.57. The van der Waals surface area contributed by atoms with Crippen LogP contribution in [0.3, 0.4) is 0 Å². The molecular formula is C12H12N4S2. The van der Waals surface area contributed by atoms with Crippen molar-refractivity contribution in [2.75, 3.05) is 0 Å². The summed E-state index contributed by atoms with van der Waals surface area (Å²) in [5.74, 6) is 0. The Bertz CT molecular complexity index is 583. The second-order valence-electron chi connectivity index (χ2n) is 3.82. The summed E-state index contributed by atoms with van der Waals surface area (Å²) in [6.07, 6.45) is 3.78. The maximum Gasteiger partial charge on any atom is 0.0794 e. The SMILES string of the molecule is c1csc(-c2[nH]ncc2CNCc2cncs2)c1. The van der Waals surface area contributed by atoms with Crippen molar-refractivity contribution in [2.45, 2.75) is 13.1 Å². The first-order valence-corrected chi connectivity index (χ1v) is 7.33. The Kier molecular flexibility index (Phi) is 3.49. The molecule has 3 rings (SSSR count). The van der Waals surface area contributed by atoms with E-state index in [0.29, 0.717) is 0 Å². The molecule has 0 radical (unpaired) electrons. The minimum atomic E-state index is 0.807. The summed E-state index contributed by atoms with van der Waals surface area (Å²) in [5, 5.41) is 12.7. The molecule has 0 atom stereocenters. The third-order valence-corrected chi connectivity index (χ3v) is 4.25. The molecule has 0 unspecified atom stereocenters. The maximum atomic E-state index is 4.13. The van der Waals surface area contributed by atoms with Gasteiger partial charge >= 0.3 is 0 Å². The Balaban J connectivity index is 1.65. The molecule has 0 aliphatic rings. The third-order valence-electron chi connectivity index (χ3n) is 2.58. The molecule has 2 N–H and O–H groups in total. The molecule has 0 saturated carbocycles. The Hall–Kier alpha value is -1.50. The molecule has 0 aromatic carbocycles. The monoisotopic (exact) mass is 276 g/mol. The number of hydrogen-bond acceptors (Lipinski definition) is 5. The van der Waals surface area contributed by atoms with Crippen LogP contribution in [0.1, 0.15) is 10.4 Å². The fraction of sp³-hybridized carbons (Fsp3) is 0.167. The van der Waals surface area contributed by atoms with Gasteiger partial charge in [0.25, 0.3) is 0 Å². The number of nitrogens with one attached hydrogen (secondary N) is 2. The standard InChI is InChI=1S/C12H12N4S2/c1-2-11(17-3-1)12-9(5-15-16-12)4-13-6-10-7-14-8-18-10/h1-3,5,7-8,13H,4,6H2,(H,15,16). The van der Waals surface area contributed by atoms with E-state index in [9.17, 15) is 0 Å². The Morgan fingerprint density at radius 3 is 3.00 bits per heavy atom. The number of nitrogens with zero attached hydrogens (tertiary/aromatic N) is 2. The van der Waals surface area contributed by atoms with Crippen LogP contribution in [0, 0.1) is 0 Å². The third kappa shape index (κ3) is 2.50. The highest BCUT2D eigenvalue weighted by Gasteiger charge is 2.08. The Labute approximate surface area is 113 Å². The van der Waals surface area contributed by atoms with Crippen molar-refractivity contribution in [1.82, 2.24) is 20.5 Å². The number of aromatic nitrogens is 3. The van der Waals surface area contributed by atoms with Gasteiger partial charge in [-0.1, -0.05) is 6.07 Å². The lowest BCUT2D eigenvalue weighted by Gasteiger charge is -2.02. The van der Waals surface area contributed by atoms with E-state index < -0.39 is 0 Å². The van der Waals surface area contributed by atoms with Gasteiger partial charge in [-0.2, -0.15) is 5.10 Å². The molecule has 6 heteroatoms. The average Bonchev–Trinajstić information content (AvgIpc) is 3.12. The molecule has 0 amide bonds. The molecule has 3 aromatic heterocycles. The van der Waals surface area contributed by atoms with Crippen LogP contribution in [0.2, 0.25) is 0 Å². The van der Waals surface area contributed by atoms with E-state index >= 15 is 0 Å². The minimum Gasteiger partial charge on any atom is -0.308 e. The van der Waals surface area contributed by atoms with Gasteiger partial charge in [0.2, 0.25) is 0 Å². The van der Waals surface area contributed by atoms with Crippen LogP contribution in [0.15, 0.2) is 35.4 Å². The molecule has 0 aliphatic heterocycles. The normalized spacial score (nSPS) is 10.9. The van der Waals surface area contributed by atoms with Crippen LogP contribution in [-0.2, 0) is 13.1 Å². The largest absolute Gasteiger partial charge is 0.308 e. The average molecular weight is 276 g/mol.